The molecule has 1 aliphatic carbocycles. The highest BCUT2D eigenvalue weighted by Gasteiger charge is 2.48. The van der Waals surface area contributed by atoms with Crippen LogP contribution in [-0.4, -0.2) is 36.3 Å². The minimum atomic E-state index is 0.123. The molecule has 2 rings (SSSR count). The number of nitrogens with zero attached hydrogens (tertiary/aromatic N) is 2. The van der Waals surface area contributed by atoms with Crippen LogP contribution in [0.2, 0.25) is 0 Å². The average molecular weight is 278 g/mol. The summed E-state index contributed by atoms with van der Waals surface area (Å²) in [6.07, 6.45) is 2.17. The number of aryl methyl sites for hydroxylation is 1. The number of nitrogens with one attached hydrogen (secondary N) is 2. The molecule has 0 amide bonds. The van der Waals surface area contributed by atoms with Crippen molar-refractivity contribution >= 4 is 11.6 Å². The van der Waals surface area contributed by atoms with Crippen LogP contribution in [0.1, 0.15) is 38.6 Å². The highest BCUT2D eigenvalue weighted by molar-refractivity contribution is 5.57. The van der Waals surface area contributed by atoms with Gasteiger partial charge in [-0.3, -0.25) is 0 Å². The molecule has 2 unspecified atom stereocenters. The average Bonchev–Trinajstić information content (AvgIpc) is 2.44. The van der Waals surface area contributed by atoms with Crippen LogP contribution < -0.4 is 10.6 Å². The lowest BCUT2D eigenvalue weighted by molar-refractivity contribution is -0.0795. The maximum Gasteiger partial charge on any atom is 0.135 e. The zero-order chi connectivity index (χ0) is 14.9. The molecule has 112 valence electrons. The minimum Gasteiger partial charge on any atom is -0.381 e. The van der Waals surface area contributed by atoms with Gasteiger partial charge in [-0.15, -0.1) is 0 Å². The van der Waals surface area contributed by atoms with Crippen LogP contribution in [0.15, 0.2) is 0 Å². The first kappa shape index (κ1) is 15.0. The van der Waals surface area contributed by atoms with Crippen molar-refractivity contribution < 1.29 is 4.74 Å². The van der Waals surface area contributed by atoms with Crippen LogP contribution in [0.25, 0.3) is 0 Å². The molecule has 5 heteroatoms. The van der Waals surface area contributed by atoms with Gasteiger partial charge in [-0.2, -0.15) is 0 Å². The van der Waals surface area contributed by atoms with Gasteiger partial charge in [-0.25, -0.2) is 9.97 Å². The van der Waals surface area contributed by atoms with Gasteiger partial charge in [-0.05, 0) is 13.3 Å². The third kappa shape index (κ3) is 2.46. The van der Waals surface area contributed by atoms with E-state index in [0.717, 1.165) is 35.9 Å². The van der Waals surface area contributed by atoms with E-state index < -0.39 is 0 Å². The molecule has 2 atom stereocenters. The highest BCUT2D eigenvalue weighted by Crippen LogP contribution is 2.44. The first-order chi connectivity index (χ1) is 9.43. The van der Waals surface area contributed by atoms with Crippen molar-refractivity contribution in [2.45, 2.75) is 52.7 Å². The predicted molar refractivity (Wildman–Crippen MR) is 82.3 cm³/mol. The Balaban J connectivity index is 2.22. The van der Waals surface area contributed by atoms with Gasteiger partial charge in [-0.1, -0.05) is 20.8 Å². The van der Waals surface area contributed by atoms with Gasteiger partial charge in [0.15, 0.2) is 0 Å². The molecule has 0 aliphatic heterocycles. The van der Waals surface area contributed by atoms with Gasteiger partial charge in [0.25, 0.3) is 0 Å². The van der Waals surface area contributed by atoms with Gasteiger partial charge in [0.1, 0.15) is 17.5 Å². The van der Waals surface area contributed by atoms with Crippen LogP contribution in [0, 0.1) is 12.3 Å². The molecule has 0 saturated heterocycles. The Bertz CT molecular complexity index is 487. The topological polar surface area (TPSA) is 59.1 Å². The lowest BCUT2D eigenvalue weighted by Gasteiger charge is -2.51. The maximum atomic E-state index is 5.50. The van der Waals surface area contributed by atoms with E-state index in [1.54, 1.807) is 7.11 Å². The zero-order valence-corrected chi connectivity index (χ0v) is 13.4. The summed E-state index contributed by atoms with van der Waals surface area (Å²) in [5, 5.41) is 6.72. The minimum absolute atomic E-state index is 0.123. The number of rotatable bonds is 5. The number of aromatic nitrogens is 2. The van der Waals surface area contributed by atoms with Gasteiger partial charge in [0.2, 0.25) is 0 Å². The molecule has 2 N–H and O–H groups in total. The first-order valence-corrected chi connectivity index (χ1v) is 7.28. The van der Waals surface area contributed by atoms with E-state index in [0.29, 0.717) is 12.1 Å². The Morgan fingerprint density at radius 3 is 2.45 bits per heavy atom. The Labute approximate surface area is 121 Å². The monoisotopic (exact) mass is 278 g/mol. The second-order valence-corrected chi connectivity index (χ2v) is 6.04. The molecule has 0 radical (unpaired) electrons. The second kappa shape index (κ2) is 5.56. The molecule has 1 aromatic heterocycles. The summed E-state index contributed by atoms with van der Waals surface area (Å²) in [4.78, 5) is 9.14. The number of hydrogen-bond donors (Lipinski definition) is 2. The SMILES string of the molecule is CCc1nc(NC)c(C)c(NC2CC(OC)C2(C)C)n1. The summed E-state index contributed by atoms with van der Waals surface area (Å²) in [6, 6.07) is 0.385. The summed E-state index contributed by atoms with van der Waals surface area (Å²) in [7, 11) is 3.68. The summed E-state index contributed by atoms with van der Waals surface area (Å²) in [5.41, 5.74) is 1.19. The van der Waals surface area contributed by atoms with Gasteiger partial charge in [0.05, 0.1) is 6.10 Å². The summed E-state index contributed by atoms with van der Waals surface area (Å²) >= 11 is 0. The molecule has 20 heavy (non-hydrogen) atoms. The van der Waals surface area contributed by atoms with Crippen LogP contribution in [0.3, 0.4) is 0 Å². The zero-order valence-electron chi connectivity index (χ0n) is 13.4. The molecule has 5 nitrogen and oxygen atoms in total. The number of methoxy groups -OCH3 is 1. The standard InChI is InChI=1S/C15H26N4O/c1-7-12-18-13(16-5)9(2)14(19-12)17-10-8-11(20-6)15(10,3)4/h10-11H,7-8H2,1-6H3,(H2,16,17,18,19). The molecule has 1 aliphatic rings. The highest BCUT2D eigenvalue weighted by atomic mass is 16.5. The Kier molecular flexibility index (Phi) is 4.18. The van der Waals surface area contributed by atoms with E-state index in [9.17, 15) is 0 Å². The van der Waals surface area contributed by atoms with E-state index in [2.05, 4.69) is 41.4 Å². The molecular weight excluding hydrogens is 252 g/mol. The molecule has 0 bridgehead atoms. The summed E-state index contributed by atoms with van der Waals surface area (Å²) < 4.78 is 5.50. The quantitative estimate of drug-likeness (QED) is 0.867. The van der Waals surface area contributed by atoms with Crippen molar-refractivity contribution in [1.29, 1.82) is 0 Å². The Morgan fingerprint density at radius 2 is 1.95 bits per heavy atom. The number of ether oxygens (including phenoxy) is 1. The van der Waals surface area contributed by atoms with Crippen molar-refractivity contribution in [1.82, 2.24) is 9.97 Å². The van der Waals surface area contributed by atoms with Gasteiger partial charge >= 0.3 is 0 Å². The lowest BCUT2D eigenvalue weighted by atomic mass is 9.64. The number of anilines is 2. The number of hydrogen-bond acceptors (Lipinski definition) is 5. The van der Waals surface area contributed by atoms with Crippen LogP contribution in [0.4, 0.5) is 11.6 Å². The van der Waals surface area contributed by atoms with Gasteiger partial charge < -0.3 is 15.4 Å². The van der Waals surface area contributed by atoms with Crippen LogP contribution in [-0.2, 0) is 11.2 Å². The van der Waals surface area contributed by atoms with E-state index in [-0.39, 0.29) is 5.41 Å². The second-order valence-electron chi connectivity index (χ2n) is 6.04. The lowest BCUT2D eigenvalue weighted by Crippen LogP contribution is -2.57. The van der Waals surface area contributed by atoms with Crippen molar-refractivity contribution in [3.8, 4) is 0 Å². The van der Waals surface area contributed by atoms with Gasteiger partial charge in [0, 0.05) is 37.6 Å². The Morgan fingerprint density at radius 1 is 1.30 bits per heavy atom. The largest absolute Gasteiger partial charge is 0.381 e. The molecule has 1 aromatic rings. The molecular formula is C15H26N4O. The fourth-order valence-corrected chi connectivity index (χ4v) is 2.80. The molecule has 0 spiro atoms. The normalized spacial score (nSPS) is 24.1. The third-order valence-electron chi connectivity index (χ3n) is 4.52. The summed E-state index contributed by atoms with van der Waals surface area (Å²) in [5.74, 6) is 2.71. The first-order valence-electron chi connectivity index (χ1n) is 7.28. The van der Waals surface area contributed by atoms with E-state index in [1.165, 1.54) is 0 Å². The maximum absolute atomic E-state index is 5.50. The molecule has 1 saturated carbocycles. The van der Waals surface area contributed by atoms with E-state index in [1.807, 2.05) is 14.0 Å². The van der Waals surface area contributed by atoms with E-state index in [4.69, 9.17) is 4.74 Å². The predicted octanol–water partition coefficient (Wildman–Crippen LogP) is 2.61. The van der Waals surface area contributed by atoms with Crippen molar-refractivity contribution in [3.63, 3.8) is 0 Å². The van der Waals surface area contributed by atoms with Crippen molar-refractivity contribution in [3.05, 3.63) is 11.4 Å². The molecule has 1 fully saturated rings. The van der Waals surface area contributed by atoms with Crippen LogP contribution in [0.5, 0.6) is 0 Å². The Hall–Kier alpha value is -1.36. The fraction of sp³-hybridized carbons (Fsp3) is 0.733. The van der Waals surface area contributed by atoms with Crippen molar-refractivity contribution in [2.24, 2.45) is 5.41 Å². The molecule has 1 heterocycles. The smallest absolute Gasteiger partial charge is 0.135 e. The summed E-state index contributed by atoms with van der Waals surface area (Å²) in [6.45, 7) is 8.59. The third-order valence-corrected chi connectivity index (χ3v) is 4.52. The van der Waals surface area contributed by atoms with Crippen molar-refractivity contribution in [2.75, 3.05) is 24.8 Å². The molecule has 0 aromatic carbocycles. The fourth-order valence-electron chi connectivity index (χ4n) is 2.80. The van der Waals surface area contributed by atoms with Crippen LogP contribution >= 0.6 is 0 Å². The van der Waals surface area contributed by atoms with E-state index >= 15 is 0 Å².